The molecular weight excluding hydrogens is 402 g/mol. The van der Waals surface area contributed by atoms with E-state index < -0.39 is 12.1 Å². The van der Waals surface area contributed by atoms with E-state index in [1.54, 1.807) is 7.11 Å². The summed E-state index contributed by atoms with van der Waals surface area (Å²) < 4.78 is 10.8. The van der Waals surface area contributed by atoms with Gasteiger partial charge in [-0.15, -0.1) is 0 Å². The molecule has 0 N–H and O–H groups in total. The zero-order valence-electron chi connectivity index (χ0n) is 18.1. The molecule has 3 aromatic carbocycles. The van der Waals surface area contributed by atoms with Crippen LogP contribution in [0.25, 0.3) is 0 Å². The Labute approximate surface area is 188 Å². The van der Waals surface area contributed by atoms with E-state index in [0.29, 0.717) is 6.61 Å². The number of hydrogen-bond acceptors (Lipinski definition) is 4. The van der Waals surface area contributed by atoms with Crippen LogP contribution in [0.4, 0.5) is 4.79 Å². The summed E-state index contributed by atoms with van der Waals surface area (Å²) in [5.74, 6) is -0.569. The Hall–Kier alpha value is -3.44. The van der Waals surface area contributed by atoms with E-state index in [2.05, 4.69) is 0 Å². The van der Waals surface area contributed by atoms with Crippen molar-refractivity contribution in [2.75, 3.05) is 20.3 Å². The molecule has 0 unspecified atom stereocenters. The van der Waals surface area contributed by atoms with Crippen LogP contribution in [0.5, 0.6) is 0 Å². The minimum Gasteiger partial charge on any atom is -0.447 e. The van der Waals surface area contributed by atoms with Crippen molar-refractivity contribution < 1.29 is 19.1 Å². The van der Waals surface area contributed by atoms with Crippen LogP contribution in [0.2, 0.25) is 0 Å². The van der Waals surface area contributed by atoms with Crippen LogP contribution < -0.4 is 0 Å². The molecule has 0 bridgehead atoms. The van der Waals surface area contributed by atoms with Gasteiger partial charge in [-0.2, -0.15) is 0 Å². The molecule has 0 aliphatic carbocycles. The lowest BCUT2D eigenvalue weighted by Gasteiger charge is -2.29. The number of rotatable bonds is 8. The summed E-state index contributed by atoms with van der Waals surface area (Å²) in [4.78, 5) is 27.5. The molecule has 2 atom stereocenters. The van der Waals surface area contributed by atoms with Gasteiger partial charge in [0.2, 0.25) is 5.91 Å². The highest BCUT2D eigenvalue weighted by Gasteiger charge is 2.43. The van der Waals surface area contributed by atoms with Crippen LogP contribution in [-0.2, 0) is 14.3 Å². The molecule has 5 heteroatoms. The fourth-order valence-corrected chi connectivity index (χ4v) is 4.43. The van der Waals surface area contributed by atoms with Crippen molar-refractivity contribution in [3.8, 4) is 0 Å². The summed E-state index contributed by atoms with van der Waals surface area (Å²) in [5, 5.41) is 0. The molecule has 0 spiro atoms. The maximum Gasteiger partial charge on any atom is 0.417 e. The molecular formula is C27H27NO4. The van der Waals surface area contributed by atoms with Crippen LogP contribution in [-0.4, -0.2) is 43.3 Å². The van der Waals surface area contributed by atoms with Crippen LogP contribution in [0.1, 0.15) is 34.9 Å². The van der Waals surface area contributed by atoms with E-state index in [1.165, 1.54) is 4.90 Å². The molecule has 0 radical (unpaired) electrons. The third kappa shape index (κ3) is 4.73. The summed E-state index contributed by atoms with van der Waals surface area (Å²) in [6.45, 7) is 0.559. The minimum absolute atomic E-state index is 0.144. The standard InChI is InChI=1S/C27H27NO4/c1-31-18-23(20-11-5-2-6-12-20)17-25(29)28-24(19-32-27(28)30)26(21-13-7-3-8-14-21)22-15-9-4-10-16-22/h2-16,23-24,26H,17-19H2,1H3/t23-,24-/m0/s1. The van der Waals surface area contributed by atoms with Gasteiger partial charge in [0.05, 0.1) is 12.6 Å². The van der Waals surface area contributed by atoms with Gasteiger partial charge in [-0.25, -0.2) is 9.69 Å². The third-order valence-electron chi connectivity index (χ3n) is 5.94. The van der Waals surface area contributed by atoms with Gasteiger partial charge < -0.3 is 9.47 Å². The number of cyclic esters (lactones) is 1. The first-order valence-electron chi connectivity index (χ1n) is 10.8. The Kier molecular flexibility index (Phi) is 6.97. The van der Waals surface area contributed by atoms with Gasteiger partial charge in [0.1, 0.15) is 6.61 Å². The summed E-state index contributed by atoms with van der Waals surface area (Å²) in [6, 6.07) is 29.3. The molecule has 0 aromatic heterocycles. The van der Waals surface area contributed by atoms with Crippen molar-refractivity contribution in [2.24, 2.45) is 0 Å². The SMILES string of the molecule is COC[C@H](CC(=O)N1C(=O)OC[C@H]1C(c1ccccc1)c1ccccc1)c1ccccc1. The van der Waals surface area contributed by atoms with Gasteiger partial charge in [-0.3, -0.25) is 4.79 Å². The number of amides is 2. The molecule has 1 heterocycles. The van der Waals surface area contributed by atoms with E-state index in [9.17, 15) is 9.59 Å². The first kappa shape index (κ1) is 21.8. The normalized spacial score (nSPS) is 16.8. The smallest absolute Gasteiger partial charge is 0.417 e. The van der Waals surface area contributed by atoms with Crippen LogP contribution in [0.15, 0.2) is 91.0 Å². The molecule has 3 aromatic rings. The zero-order valence-corrected chi connectivity index (χ0v) is 18.1. The highest BCUT2D eigenvalue weighted by molar-refractivity contribution is 5.94. The Morgan fingerprint density at radius 3 is 1.91 bits per heavy atom. The van der Waals surface area contributed by atoms with E-state index in [-0.39, 0.29) is 30.8 Å². The number of carbonyl (C=O) groups is 2. The highest BCUT2D eigenvalue weighted by Crippen LogP contribution is 2.35. The molecule has 2 amide bonds. The summed E-state index contributed by atoms with van der Waals surface area (Å²) in [6.07, 6.45) is -0.416. The van der Waals surface area contributed by atoms with Crippen molar-refractivity contribution in [2.45, 2.75) is 24.3 Å². The fourth-order valence-electron chi connectivity index (χ4n) is 4.43. The van der Waals surface area contributed by atoms with E-state index >= 15 is 0 Å². The molecule has 1 saturated heterocycles. The van der Waals surface area contributed by atoms with Crippen molar-refractivity contribution in [1.29, 1.82) is 0 Å². The van der Waals surface area contributed by atoms with E-state index in [4.69, 9.17) is 9.47 Å². The molecule has 4 rings (SSSR count). The molecule has 1 aliphatic heterocycles. The average molecular weight is 430 g/mol. The Balaban J connectivity index is 1.64. The van der Waals surface area contributed by atoms with Gasteiger partial charge in [0.25, 0.3) is 0 Å². The molecule has 164 valence electrons. The number of hydrogen-bond donors (Lipinski definition) is 0. The Bertz CT molecular complexity index is 984. The fraction of sp³-hybridized carbons (Fsp3) is 0.259. The van der Waals surface area contributed by atoms with Crippen LogP contribution in [0, 0.1) is 0 Å². The zero-order chi connectivity index (χ0) is 22.3. The molecule has 32 heavy (non-hydrogen) atoms. The monoisotopic (exact) mass is 429 g/mol. The molecule has 1 aliphatic rings. The number of nitrogens with zero attached hydrogens (tertiary/aromatic N) is 1. The lowest BCUT2D eigenvalue weighted by Crippen LogP contribution is -2.43. The van der Waals surface area contributed by atoms with Crippen molar-refractivity contribution >= 4 is 12.0 Å². The number of benzene rings is 3. The second-order valence-electron chi connectivity index (χ2n) is 7.97. The largest absolute Gasteiger partial charge is 0.447 e. The quantitative estimate of drug-likeness (QED) is 0.506. The number of imide groups is 1. The lowest BCUT2D eigenvalue weighted by molar-refractivity contribution is -0.130. The Morgan fingerprint density at radius 1 is 0.906 bits per heavy atom. The maximum atomic E-state index is 13.5. The average Bonchev–Trinajstić information content (AvgIpc) is 3.22. The van der Waals surface area contributed by atoms with Gasteiger partial charge in [0, 0.05) is 25.4 Å². The number of methoxy groups -OCH3 is 1. The van der Waals surface area contributed by atoms with Crippen LogP contribution >= 0.6 is 0 Å². The van der Waals surface area contributed by atoms with E-state index in [1.807, 2.05) is 91.0 Å². The maximum absolute atomic E-state index is 13.5. The summed E-state index contributed by atoms with van der Waals surface area (Å²) >= 11 is 0. The Morgan fingerprint density at radius 2 is 1.41 bits per heavy atom. The predicted molar refractivity (Wildman–Crippen MR) is 122 cm³/mol. The molecule has 1 fully saturated rings. The van der Waals surface area contributed by atoms with Gasteiger partial charge >= 0.3 is 6.09 Å². The second kappa shape index (κ2) is 10.2. The topological polar surface area (TPSA) is 55.8 Å². The second-order valence-corrected chi connectivity index (χ2v) is 7.97. The van der Waals surface area contributed by atoms with Crippen molar-refractivity contribution in [1.82, 2.24) is 4.90 Å². The van der Waals surface area contributed by atoms with Gasteiger partial charge in [0.15, 0.2) is 0 Å². The van der Waals surface area contributed by atoms with Crippen molar-refractivity contribution in [3.63, 3.8) is 0 Å². The highest BCUT2D eigenvalue weighted by atomic mass is 16.6. The van der Waals surface area contributed by atoms with Gasteiger partial charge in [-0.05, 0) is 16.7 Å². The number of ether oxygens (including phenoxy) is 2. The summed E-state index contributed by atoms with van der Waals surface area (Å²) in [5.41, 5.74) is 3.09. The van der Waals surface area contributed by atoms with Gasteiger partial charge in [-0.1, -0.05) is 91.0 Å². The first-order chi connectivity index (χ1) is 15.7. The van der Waals surface area contributed by atoms with Crippen molar-refractivity contribution in [3.05, 3.63) is 108 Å². The first-order valence-corrected chi connectivity index (χ1v) is 10.8. The molecule has 0 saturated carbocycles. The van der Waals surface area contributed by atoms with E-state index in [0.717, 1.165) is 16.7 Å². The molecule has 5 nitrogen and oxygen atoms in total. The van der Waals surface area contributed by atoms with Crippen LogP contribution in [0.3, 0.4) is 0 Å². The predicted octanol–water partition coefficient (Wildman–Crippen LogP) is 4.99. The minimum atomic E-state index is -0.582. The summed E-state index contributed by atoms with van der Waals surface area (Å²) in [7, 11) is 1.62. The third-order valence-corrected chi connectivity index (χ3v) is 5.94. The lowest BCUT2D eigenvalue weighted by atomic mass is 9.84. The number of carbonyl (C=O) groups excluding carboxylic acids is 2.